The van der Waals surface area contributed by atoms with E-state index >= 15 is 0 Å². The maximum Gasteiger partial charge on any atom is 0.126 e. The van der Waals surface area contributed by atoms with E-state index in [1.807, 2.05) is 19.9 Å². The molecule has 0 heterocycles. The zero-order valence-corrected chi connectivity index (χ0v) is 9.36. The molecule has 0 amide bonds. The molecule has 0 aromatic heterocycles. The quantitative estimate of drug-likeness (QED) is 0.782. The van der Waals surface area contributed by atoms with Gasteiger partial charge in [0.1, 0.15) is 11.5 Å². The predicted molar refractivity (Wildman–Crippen MR) is 61.4 cm³/mol. The summed E-state index contributed by atoms with van der Waals surface area (Å²) in [5.74, 6) is 1.28. The van der Waals surface area contributed by atoms with E-state index in [9.17, 15) is 5.11 Å². The maximum atomic E-state index is 9.79. The van der Waals surface area contributed by atoms with E-state index in [1.54, 1.807) is 12.1 Å². The number of aromatic hydroxyl groups is 1. The molecule has 0 aliphatic heterocycles. The molecule has 3 N–H and O–H groups in total. The molecule has 0 bridgehead atoms. The zero-order valence-electron chi connectivity index (χ0n) is 9.36. The van der Waals surface area contributed by atoms with Crippen molar-refractivity contribution < 1.29 is 9.84 Å². The number of ether oxygens (including phenoxy) is 1. The van der Waals surface area contributed by atoms with E-state index < -0.39 is 0 Å². The molecule has 84 valence electrons. The molecule has 1 unspecified atom stereocenters. The van der Waals surface area contributed by atoms with E-state index in [0.717, 1.165) is 17.7 Å². The van der Waals surface area contributed by atoms with Crippen molar-refractivity contribution in [1.29, 1.82) is 0 Å². The minimum atomic E-state index is 0.220. The van der Waals surface area contributed by atoms with Crippen LogP contribution in [0.25, 0.3) is 0 Å². The smallest absolute Gasteiger partial charge is 0.126 e. The fraction of sp³-hybridized carbons (Fsp3) is 0.500. The Morgan fingerprint density at radius 3 is 2.80 bits per heavy atom. The average molecular weight is 209 g/mol. The predicted octanol–water partition coefficient (Wildman–Crippen LogP) is 2.24. The molecular formula is C12H19NO2. The maximum absolute atomic E-state index is 9.79. The van der Waals surface area contributed by atoms with Crippen LogP contribution in [0.4, 0.5) is 0 Å². The van der Waals surface area contributed by atoms with Gasteiger partial charge in [-0.3, -0.25) is 0 Å². The van der Waals surface area contributed by atoms with Crippen LogP contribution in [0.2, 0.25) is 0 Å². The highest BCUT2D eigenvalue weighted by atomic mass is 16.5. The van der Waals surface area contributed by atoms with Gasteiger partial charge in [0.15, 0.2) is 0 Å². The Morgan fingerprint density at radius 1 is 1.47 bits per heavy atom. The van der Waals surface area contributed by atoms with Crippen molar-refractivity contribution in [2.24, 2.45) is 5.73 Å². The van der Waals surface area contributed by atoms with Crippen LogP contribution in [0, 0.1) is 0 Å². The van der Waals surface area contributed by atoms with Crippen molar-refractivity contribution in [1.82, 2.24) is 0 Å². The van der Waals surface area contributed by atoms with Crippen LogP contribution in [0.3, 0.4) is 0 Å². The van der Waals surface area contributed by atoms with Crippen molar-refractivity contribution >= 4 is 0 Å². The molecule has 1 rings (SSSR count). The number of phenols is 1. The van der Waals surface area contributed by atoms with E-state index in [2.05, 4.69) is 0 Å². The fourth-order valence-electron chi connectivity index (χ4n) is 1.70. The van der Waals surface area contributed by atoms with Crippen molar-refractivity contribution in [3.63, 3.8) is 0 Å². The second-order valence-electron chi connectivity index (χ2n) is 3.60. The van der Waals surface area contributed by atoms with Crippen molar-refractivity contribution in [2.45, 2.75) is 26.2 Å². The molecule has 1 aromatic rings. The number of hydrogen-bond donors (Lipinski definition) is 2. The molecule has 0 saturated heterocycles. The molecule has 0 aliphatic rings. The topological polar surface area (TPSA) is 55.5 Å². The number of nitrogens with two attached hydrogens (primary N) is 1. The molecular weight excluding hydrogens is 190 g/mol. The zero-order chi connectivity index (χ0) is 11.3. The first-order valence-electron chi connectivity index (χ1n) is 5.35. The van der Waals surface area contributed by atoms with Gasteiger partial charge in [0.2, 0.25) is 0 Å². The Hall–Kier alpha value is -1.22. The standard InChI is InChI=1S/C12H19NO2/c1-3-15-11-6-4-5-10(14)12(11)9(2)7-8-13/h4-6,9,14H,3,7-8,13H2,1-2H3. The van der Waals surface area contributed by atoms with Crippen LogP contribution in [0.1, 0.15) is 31.7 Å². The molecule has 0 aliphatic carbocycles. The number of phenolic OH excluding ortho intramolecular Hbond substituents is 1. The Kier molecular flexibility index (Phi) is 4.43. The Balaban J connectivity index is 3.00. The molecule has 0 spiro atoms. The largest absolute Gasteiger partial charge is 0.508 e. The molecule has 0 radical (unpaired) electrons. The van der Waals surface area contributed by atoms with Gasteiger partial charge in [-0.15, -0.1) is 0 Å². The van der Waals surface area contributed by atoms with E-state index in [4.69, 9.17) is 10.5 Å². The van der Waals surface area contributed by atoms with Gasteiger partial charge in [0.25, 0.3) is 0 Å². The summed E-state index contributed by atoms with van der Waals surface area (Å²) in [6.07, 6.45) is 0.845. The van der Waals surface area contributed by atoms with Crippen LogP contribution in [-0.4, -0.2) is 18.3 Å². The lowest BCUT2D eigenvalue weighted by molar-refractivity contribution is 0.330. The fourth-order valence-corrected chi connectivity index (χ4v) is 1.70. The van der Waals surface area contributed by atoms with Crippen LogP contribution in [0.15, 0.2) is 18.2 Å². The van der Waals surface area contributed by atoms with E-state index in [0.29, 0.717) is 18.9 Å². The molecule has 1 atom stereocenters. The summed E-state index contributed by atoms with van der Waals surface area (Å²) in [5.41, 5.74) is 6.38. The number of hydrogen-bond acceptors (Lipinski definition) is 3. The monoisotopic (exact) mass is 209 g/mol. The summed E-state index contributed by atoms with van der Waals surface area (Å²) >= 11 is 0. The van der Waals surface area contributed by atoms with Gasteiger partial charge in [0.05, 0.1) is 6.61 Å². The molecule has 0 saturated carbocycles. The first-order chi connectivity index (χ1) is 7.20. The highest BCUT2D eigenvalue weighted by Crippen LogP contribution is 2.35. The molecule has 3 heteroatoms. The Morgan fingerprint density at radius 2 is 2.20 bits per heavy atom. The summed E-state index contributed by atoms with van der Waals surface area (Å²) in [4.78, 5) is 0. The van der Waals surface area contributed by atoms with Crippen LogP contribution < -0.4 is 10.5 Å². The molecule has 0 fully saturated rings. The van der Waals surface area contributed by atoms with Crippen molar-refractivity contribution in [3.8, 4) is 11.5 Å². The highest BCUT2D eigenvalue weighted by molar-refractivity contribution is 5.46. The lowest BCUT2D eigenvalue weighted by Gasteiger charge is -2.17. The summed E-state index contributed by atoms with van der Waals surface area (Å²) in [5, 5.41) is 9.79. The summed E-state index contributed by atoms with van der Waals surface area (Å²) in [7, 11) is 0. The molecule has 15 heavy (non-hydrogen) atoms. The molecule has 3 nitrogen and oxygen atoms in total. The average Bonchev–Trinajstić information content (AvgIpc) is 2.18. The SMILES string of the molecule is CCOc1cccc(O)c1C(C)CCN. The summed E-state index contributed by atoms with van der Waals surface area (Å²) < 4.78 is 5.48. The van der Waals surface area contributed by atoms with E-state index in [-0.39, 0.29) is 5.92 Å². The minimum Gasteiger partial charge on any atom is -0.508 e. The number of benzene rings is 1. The third-order valence-electron chi connectivity index (χ3n) is 2.44. The van der Waals surface area contributed by atoms with Crippen LogP contribution >= 0.6 is 0 Å². The third-order valence-corrected chi connectivity index (χ3v) is 2.44. The van der Waals surface area contributed by atoms with Gasteiger partial charge < -0.3 is 15.6 Å². The first kappa shape index (κ1) is 11.9. The number of rotatable bonds is 5. The first-order valence-corrected chi connectivity index (χ1v) is 5.35. The van der Waals surface area contributed by atoms with Gasteiger partial charge in [-0.2, -0.15) is 0 Å². The van der Waals surface area contributed by atoms with Gasteiger partial charge >= 0.3 is 0 Å². The van der Waals surface area contributed by atoms with Crippen LogP contribution in [-0.2, 0) is 0 Å². The normalized spacial score (nSPS) is 12.5. The van der Waals surface area contributed by atoms with E-state index in [1.165, 1.54) is 0 Å². The summed E-state index contributed by atoms with van der Waals surface area (Å²) in [6.45, 7) is 5.19. The Labute approximate surface area is 90.9 Å². The van der Waals surface area contributed by atoms with Crippen molar-refractivity contribution in [3.05, 3.63) is 23.8 Å². The second-order valence-corrected chi connectivity index (χ2v) is 3.60. The summed E-state index contributed by atoms with van der Waals surface area (Å²) in [6, 6.07) is 5.36. The minimum absolute atomic E-state index is 0.220. The van der Waals surface area contributed by atoms with Gasteiger partial charge in [-0.05, 0) is 37.9 Å². The van der Waals surface area contributed by atoms with Gasteiger partial charge in [-0.25, -0.2) is 0 Å². The lowest BCUT2D eigenvalue weighted by atomic mass is 9.96. The van der Waals surface area contributed by atoms with Gasteiger partial charge in [0, 0.05) is 5.56 Å². The highest BCUT2D eigenvalue weighted by Gasteiger charge is 2.15. The lowest BCUT2D eigenvalue weighted by Crippen LogP contribution is -2.06. The van der Waals surface area contributed by atoms with Gasteiger partial charge in [-0.1, -0.05) is 13.0 Å². The molecule has 1 aromatic carbocycles. The van der Waals surface area contributed by atoms with Crippen molar-refractivity contribution in [2.75, 3.05) is 13.2 Å². The third kappa shape index (κ3) is 2.86. The Bertz CT molecular complexity index is 312. The van der Waals surface area contributed by atoms with Crippen LogP contribution in [0.5, 0.6) is 11.5 Å². The second kappa shape index (κ2) is 5.61.